The fourth-order valence-electron chi connectivity index (χ4n) is 3.01. The first-order valence-electron chi connectivity index (χ1n) is 7.82. The largest absolute Gasteiger partial charge is 0.332 e. The summed E-state index contributed by atoms with van der Waals surface area (Å²) in [6.07, 6.45) is 2.19. The summed E-state index contributed by atoms with van der Waals surface area (Å²) >= 11 is 0. The molecule has 3 aromatic rings. The predicted octanol–water partition coefficient (Wildman–Crippen LogP) is 1.76. The summed E-state index contributed by atoms with van der Waals surface area (Å²) in [5.74, 6) is 0.533. The van der Waals surface area contributed by atoms with E-state index < -0.39 is 0 Å². The molecule has 120 valence electrons. The summed E-state index contributed by atoms with van der Waals surface area (Å²) in [6.45, 7) is 0.939. The molecule has 0 fully saturated rings. The Morgan fingerprint density at radius 3 is 2.62 bits per heavy atom. The van der Waals surface area contributed by atoms with E-state index in [1.54, 1.807) is 35.4 Å². The lowest BCUT2D eigenvalue weighted by Gasteiger charge is -2.26. The summed E-state index contributed by atoms with van der Waals surface area (Å²) in [5.41, 5.74) is 2.09. The molecule has 0 radical (unpaired) electrons. The van der Waals surface area contributed by atoms with Gasteiger partial charge in [0, 0.05) is 23.9 Å². The number of amides is 1. The van der Waals surface area contributed by atoms with Crippen LogP contribution in [0, 0.1) is 0 Å². The summed E-state index contributed by atoms with van der Waals surface area (Å²) in [4.78, 5) is 31.1. The van der Waals surface area contributed by atoms with Crippen LogP contribution in [-0.4, -0.2) is 32.1 Å². The zero-order valence-electron chi connectivity index (χ0n) is 13.0. The number of hydrogen-bond donors (Lipinski definition) is 1. The molecule has 0 aliphatic carbocycles. The number of nitrogens with zero attached hydrogens (tertiary/aromatic N) is 3. The SMILES string of the molecule is O=C(c1ccccc1)N1CCc2c([nH]n(-c3ccccn3)c2=O)C1. The third-order valence-corrected chi connectivity index (χ3v) is 4.24. The van der Waals surface area contributed by atoms with Crippen molar-refractivity contribution in [3.05, 3.63) is 81.9 Å². The van der Waals surface area contributed by atoms with E-state index in [0.29, 0.717) is 30.9 Å². The highest BCUT2D eigenvalue weighted by Crippen LogP contribution is 2.17. The molecule has 6 heteroatoms. The Bertz CT molecular complexity index is 929. The van der Waals surface area contributed by atoms with Gasteiger partial charge in [0.25, 0.3) is 11.5 Å². The van der Waals surface area contributed by atoms with E-state index >= 15 is 0 Å². The predicted molar refractivity (Wildman–Crippen MR) is 89.1 cm³/mol. The smallest absolute Gasteiger partial charge is 0.276 e. The standard InChI is InChI=1S/C18H16N4O2/c23-17(13-6-2-1-3-7-13)21-11-9-14-15(12-21)20-22(18(14)24)16-8-4-5-10-19-16/h1-8,10,20H,9,11-12H2. The van der Waals surface area contributed by atoms with Crippen LogP contribution in [0.3, 0.4) is 0 Å². The van der Waals surface area contributed by atoms with Gasteiger partial charge in [-0.1, -0.05) is 24.3 Å². The molecule has 0 saturated heterocycles. The van der Waals surface area contributed by atoms with Crippen LogP contribution in [0.15, 0.2) is 59.5 Å². The Morgan fingerprint density at radius 2 is 1.88 bits per heavy atom. The molecule has 1 aliphatic heterocycles. The van der Waals surface area contributed by atoms with E-state index in [0.717, 1.165) is 11.3 Å². The highest BCUT2D eigenvalue weighted by Gasteiger charge is 2.26. The molecule has 24 heavy (non-hydrogen) atoms. The number of H-pyrrole nitrogens is 1. The fraction of sp³-hybridized carbons (Fsp3) is 0.167. The number of pyridine rings is 1. The second kappa shape index (κ2) is 5.81. The van der Waals surface area contributed by atoms with E-state index in [2.05, 4.69) is 10.1 Å². The molecule has 0 unspecified atom stereocenters. The van der Waals surface area contributed by atoms with Crippen molar-refractivity contribution in [2.75, 3.05) is 6.54 Å². The number of carbonyl (C=O) groups is 1. The number of hydrogen-bond acceptors (Lipinski definition) is 3. The molecule has 4 rings (SSSR count). The van der Waals surface area contributed by atoms with E-state index in [9.17, 15) is 9.59 Å². The van der Waals surface area contributed by atoms with Gasteiger partial charge in [-0.2, -0.15) is 0 Å². The zero-order valence-corrected chi connectivity index (χ0v) is 13.0. The third-order valence-electron chi connectivity index (χ3n) is 4.24. The van der Waals surface area contributed by atoms with E-state index in [4.69, 9.17) is 0 Å². The van der Waals surface area contributed by atoms with Crippen molar-refractivity contribution in [2.45, 2.75) is 13.0 Å². The van der Waals surface area contributed by atoms with Crippen molar-refractivity contribution in [3.63, 3.8) is 0 Å². The zero-order chi connectivity index (χ0) is 16.5. The minimum Gasteiger partial charge on any atom is -0.332 e. The van der Waals surface area contributed by atoms with Crippen molar-refractivity contribution in [1.82, 2.24) is 19.7 Å². The van der Waals surface area contributed by atoms with E-state index in [-0.39, 0.29) is 11.5 Å². The van der Waals surface area contributed by atoms with Gasteiger partial charge in [0.2, 0.25) is 0 Å². The number of aromatic nitrogens is 3. The van der Waals surface area contributed by atoms with Gasteiger partial charge in [-0.05, 0) is 30.7 Å². The van der Waals surface area contributed by atoms with Gasteiger partial charge < -0.3 is 4.90 Å². The van der Waals surface area contributed by atoms with Gasteiger partial charge in [-0.25, -0.2) is 9.67 Å². The maximum atomic E-state index is 12.6. The van der Waals surface area contributed by atoms with Gasteiger partial charge in [-0.3, -0.25) is 14.7 Å². The molecule has 6 nitrogen and oxygen atoms in total. The van der Waals surface area contributed by atoms with Gasteiger partial charge in [0.05, 0.1) is 12.2 Å². The average Bonchev–Trinajstić information content (AvgIpc) is 2.99. The molecule has 0 bridgehead atoms. The van der Waals surface area contributed by atoms with Crippen LogP contribution < -0.4 is 5.56 Å². The Kier molecular flexibility index (Phi) is 3.49. The molecule has 1 N–H and O–H groups in total. The van der Waals surface area contributed by atoms with Gasteiger partial charge >= 0.3 is 0 Å². The first-order valence-corrected chi connectivity index (χ1v) is 7.82. The number of nitrogens with one attached hydrogen (secondary N) is 1. The average molecular weight is 320 g/mol. The minimum atomic E-state index is -0.0875. The lowest BCUT2D eigenvalue weighted by Crippen LogP contribution is -2.37. The Labute approximate surface area is 138 Å². The van der Waals surface area contributed by atoms with Crippen molar-refractivity contribution < 1.29 is 4.79 Å². The highest BCUT2D eigenvalue weighted by molar-refractivity contribution is 5.94. The molecule has 3 heterocycles. The number of carbonyl (C=O) groups excluding carboxylic acids is 1. The summed E-state index contributed by atoms with van der Waals surface area (Å²) in [7, 11) is 0. The van der Waals surface area contributed by atoms with Gasteiger partial charge in [0.1, 0.15) is 0 Å². The van der Waals surface area contributed by atoms with Crippen LogP contribution in [0.5, 0.6) is 0 Å². The summed E-state index contributed by atoms with van der Waals surface area (Å²) in [5, 5.41) is 3.10. The molecule has 1 aliphatic rings. The van der Waals surface area contributed by atoms with Crippen molar-refractivity contribution >= 4 is 5.91 Å². The summed E-state index contributed by atoms with van der Waals surface area (Å²) in [6, 6.07) is 14.6. The number of aromatic amines is 1. The van der Waals surface area contributed by atoms with Crippen LogP contribution in [0.4, 0.5) is 0 Å². The first-order chi connectivity index (χ1) is 11.7. The molecular weight excluding hydrogens is 304 g/mol. The number of fused-ring (bicyclic) bond motifs is 1. The fourth-order valence-corrected chi connectivity index (χ4v) is 3.01. The quantitative estimate of drug-likeness (QED) is 0.782. The molecule has 0 spiro atoms. The molecular formula is C18H16N4O2. The Hall–Kier alpha value is -3.15. The van der Waals surface area contributed by atoms with Crippen molar-refractivity contribution in [3.8, 4) is 5.82 Å². The van der Waals surface area contributed by atoms with Gasteiger partial charge in [-0.15, -0.1) is 0 Å². The van der Waals surface area contributed by atoms with Crippen LogP contribution in [0.1, 0.15) is 21.6 Å². The highest BCUT2D eigenvalue weighted by atomic mass is 16.2. The van der Waals surface area contributed by atoms with E-state index in [1.807, 2.05) is 24.3 Å². The Morgan fingerprint density at radius 1 is 1.08 bits per heavy atom. The maximum Gasteiger partial charge on any atom is 0.276 e. The summed E-state index contributed by atoms with van der Waals surface area (Å²) < 4.78 is 1.45. The van der Waals surface area contributed by atoms with Crippen LogP contribution in [0.2, 0.25) is 0 Å². The topological polar surface area (TPSA) is 71.0 Å². The van der Waals surface area contributed by atoms with Crippen LogP contribution in [-0.2, 0) is 13.0 Å². The van der Waals surface area contributed by atoms with Crippen LogP contribution >= 0.6 is 0 Å². The molecule has 2 aromatic heterocycles. The third kappa shape index (κ3) is 2.42. The second-order valence-electron chi connectivity index (χ2n) is 5.74. The Balaban J connectivity index is 1.65. The maximum absolute atomic E-state index is 12.6. The number of benzene rings is 1. The van der Waals surface area contributed by atoms with Crippen LogP contribution in [0.25, 0.3) is 5.82 Å². The molecule has 1 aromatic carbocycles. The normalized spacial score (nSPS) is 13.6. The monoisotopic (exact) mass is 320 g/mol. The van der Waals surface area contributed by atoms with Crippen molar-refractivity contribution in [1.29, 1.82) is 0 Å². The molecule has 1 amide bonds. The second-order valence-corrected chi connectivity index (χ2v) is 5.74. The molecule has 0 saturated carbocycles. The first kappa shape index (κ1) is 14.4. The lowest BCUT2D eigenvalue weighted by molar-refractivity contribution is 0.0732. The van der Waals surface area contributed by atoms with Gasteiger partial charge in [0.15, 0.2) is 5.82 Å². The molecule has 0 atom stereocenters. The lowest BCUT2D eigenvalue weighted by atomic mass is 10.1. The van der Waals surface area contributed by atoms with E-state index in [1.165, 1.54) is 4.68 Å². The minimum absolute atomic E-state index is 0.0207. The number of rotatable bonds is 2. The van der Waals surface area contributed by atoms with Crippen molar-refractivity contribution in [2.24, 2.45) is 0 Å².